The molecule has 3 heteroatoms. The van der Waals surface area contributed by atoms with Gasteiger partial charge in [-0.3, -0.25) is 0 Å². The zero-order chi connectivity index (χ0) is 10.5. The maximum absolute atomic E-state index is 11.1. The number of carbonyl (C=O) groups is 1. The van der Waals surface area contributed by atoms with Crippen molar-refractivity contribution >= 4 is 5.97 Å². The van der Waals surface area contributed by atoms with Gasteiger partial charge in [0.1, 0.15) is 0 Å². The summed E-state index contributed by atoms with van der Waals surface area (Å²) in [5, 5.41) is 11.1. The molecule has 0 heterocycles. The summed E-state index contributed by atoms with van der Waals surface area (Å²) in [5.41, 5.74) is -1.61. The van der Waals surface area contributed by atoms with Crippen LogP contribution in [0.15, 0.2) is 0 Å². The third kappa shape index (κ3) is 6.58. The van der Waals surface area contributed by atoms with Gasteiger partial charge in [-0.1, -0.05) is 13.8 Å². The van der Waals surface area contributed by atoms with Crippen LogP contribution in [-0.4, -0.2) is 18.2 Å². The first-order chi connectivity index (χ1) is 5.84. The molecule has 3 nitrogen and oxygen atoms in total. The Bertz CT molecular complexity index is 156. The Balaban J connectivity index is 3.49. The molecule has 0 amide bonds. The molecule has 0 aliphatic rings. The van der Waals surface area contributed by atoms with E-state index in [9.17, 15) is 9.90 Å². The second-order valence-corrected chi connectivity index (χ2v) is 4.18. The molecule has 0 aromatic rings. The van der Waals surface area contributed by atoms with Gasteiger partial charge in [0.05, 0.1) is 6.61 Å². The minimum absolute atomic E-state index is 0.364. The van der Waals surface area contributed by atoms with Crippen molar-refractivity contribution in [2.45, 2.75) is 46.1 Å². The molecule has 0 atom stereocenters. The molecular weight excluding hydrogens is 168 g/mol. The van der Waals surface area contributed by atoms with Crippen LogP contribution in [0.5, 0.6) is 0 Å². The molecule has 0 N–H and O–H groups in total. The molecule has 0 fully saturated rings. The lowest BCUT2D eigenvalue weighted by atomic mass is 10.1. The summed E-state index contributed by atoms with van der Waals surface area (Å²) in [6.07, 6.45) is 1.85. The smallest absolute Gasteiger partial charge is 0.341 e. The van der Waals surface area contributed by atoms with Gasteiger partial charge < -0.3 is 4.74 Å². The van der Waals surface area contributed by atoms with Crippen LogP contribution in [0.1, 0.15) is 40.5 Å². The molecule has 0 bridgehead atoms. The van der Waals surface area contributed by atoms with Gasteiger partial charge >= 0.3 is 5.97 Å². The van der Waals surface area contributed by atoms with Gasteiger partial charge in [-0.05, 0) is 32.6 Å². The molecular formula is C10H19O3. The summed E-state index contributed by atoms with van der Waals surface area (Å²) in [7, 11) is 0. The molecule has 13 heavy (non-hydrogen) atoms. The van der Waals surface area contributed by atoms with Crippen molar-refractivity contribution in [1.29, 1.82) is 0 Å². The number of hydrogen-bond donors (Lipinski definition) is 0. The minimum Gasteiger partial charge on any atom is -0.463 e. The average Bonchev–Trinajstić information content (AvgIpc) is 1.95. The van der Waals surface area contributed by atoms with E-state index in [1.54, 1.807) is 0 Å². The largest absolute Gasteiger partial charge is 0.463 e. The Morgan fingerprint density at radius 1 is 1.38 bits per heavy atom. The van der Waals surface area contributed by atoms with Gasteiger partial charge in [-0.2, -0.15) is 0 Å². The summed E-state index contributed by atoms with van der Waals surface area (Å²) < 4.78 is 4.81. The number of rotatable bonds is 5. The number of ether oxygens (including phenoxy) is 1. The maximum Gasteiger partial charge on any atom is 0.341 e. The Morgan fingerprint density at radius 3 is 2.31 bits per heavy atom. The van der Waals surface area contributed by atoms with Crippen LogP contribution in [0, 0.1) is 5.92 Å². The lowest BCUT2D eigenvalue weighted by molar-refractivity contribution is -0.168. The predicted octanol–water partition coefficient (Wildman–Crippen LogP) is 2.17. The van der Waals surface area contributed by atoms with Gasteiger partial charge in [0.15, 0.2) is 5.60 Å². The molecule has 0 rings (SSSR count). The zero-order valence-electron chi connectivity index (χ0n) is 8.92. The van der Waals surface area contributed by atoms with E-state index in [2.05, 4.69) is 13.8 Å². The standard InChI is InChI=1S/C10H19O3/c1-8(2)6-5-7-13-9(11)10(3,4)12/h8H,5-7H2,1-4H3. The van der Waals surface area contributed by atoms with Crippen LogP contribution in [0.2, 0.25) is 0 Å². The normalized spacial score (nSPS) is 11.8. The maximum atomic E-state index is 11.1. The van der Waals surface area contributed by atoms with E-state index in [1.807, 2.05) is 0 Å². The first-order valence-electron chi connectivity index (χ1n) is 4.71. The highest BCUT2D eigenvalue weighted by molar-refractivity contribution is 5.77. The summed E-state index contributed by atoms with van der Waals surface area (Å²) in [4.78, 5) is 11.0. The van der Waals surface area contributed by atoms with E-state index in [-0.39, 0.29) is 0 Å². The third-order valence-electron chi connectivity index (χ3n) is 1.65. The highest BCUT2D eigenvalue weighted by atomic mass is 16.5. The number of esters is 1. The van der Waals surface area contributed by atoms with Crippen LogP contribution >= 0.6 is 0 Å². The van der Waals surface area contributed by atoms with Crippen LogP contribution < -0.4 is 0 Å². The van der Waals surface area contributed by atoms with Crippen molar-refractivity contribution in [2.75, 3.05) is 6.61 Å². The Labute approximate surface area is 80.1 Å². The predicted molar refractivity (Wildman–Crippen MR) is 49.8 cm³/mol. The van der Waals surface area contributed by atoms with Crippen molar-refractivity contribution in [3.8, 4) is 0 Å². The molecule has 0 aromatic heterocycles. The van der Waals surface area contributed by atoms with E-state index < -0.39 is 11.6 Å². The summed E-state index contributed by atoms with van der Waals surface area (Å²) in [5.74, 6) is -0.0461. The van der Waals surface area contributed by atoms with Gasteiger partial charge in [-0.15, -0.1) is 0 Å². The molecule has 0 unspecified atom stereocenters. The highest BCUT2D eigenvalue weighted by Gasteiger charge is 2.27. The van der Waals surface area contributed by atoms with Crippen LogP contribution in [0.3, 0.4) is 0 Å². The molecule has 0 saturated heterocycles. The van der Waals surface area contributed by atoms with E-state index >= 15 is 0 Å². The molecule has 1 radical (unpaired) electrons. The zero-order valence-corrected chi connectivity index (χ0v) is 8.92. The first kappa shape index (κ1) is 12.4. The van der Waals surface area contributed by atoms with E-state index in [0.29, 0.717) is 12.5 Å². The van der Waals surface area contributed by atoms with Crippen LogP contribution in [0.25, 0.3) is 0 Å². The average molecular weight is 187 g/mol. The minimum atomic E-state index is -1.61. The Morgan fingerprint density at radius 2 is 1.92 bits per heavy atom. The molecule has 0 saturated carbocycles. The molecule has 0 aliphatic carbocycles. The SMILES string of the molecule is CC(C)CCCOC(=O)C(C)(C)[O]. The lowest BCUT2D eigenvalue weighted by Gasteiger charge is -2.13. The van der Waals surface area contributed by atoms with Crippen molar-refractivity contribution in [3.63, 3.8) is 0 Å². The van der Waals surface area contributed by atoms with Gasteiger partial charge in [0.25, 0.3) is 0 Å². The van der Waals surface area contributed by atoms with Gasteiger partial charge in [0, 0.05) is 0 Å². The van der Waals surface area contributed by atoms with E-state index in [1.165, 1.54) is 13.8 Å². The summed E-state index contributed by atoms with van der Waals surface area (Å²) >= 11 is 0. The second kappa shape index (κ2) is 5.22. The second-order valence-electron chi connectivity index (χ2n) is 4.18. The van der Waals surface area contributed by atoms with Gasteiger partial charge in [-0.25, -0.2) is 9.90 Å². The fourth-order valence-corrected chi connectivity index (χ4v) is 0.830. The fourth-order valence-electron chi connectivity index (χ4n) is 0.830. The number of carbonyl (C=O) groups excluding carboxylic acids is 1. The molecule has 0 spiro atoms. The van der Waals surface area contributed by atoms with Crippen molar-refractivity contribution in [2.24, 2.45) is 5.92 Å². The summed E-state index contributed by atoms with van der Waals surface area (Å²) in [6, 6.07) is 0. The third-order valence-corrected chi connectivity index (χ3v) is 1.65. The highest BCUT2D eigenvalue weighted by Crippen LogP contribution is 2.07. The van der Waals surface area contributed by atoms with Crippen molar-refractivity contribution in [3.05, 3.63) is 0 Å². The lowest BCUT2D eigenvalue weighted by Crippen LogP contribution is -2.31. The van der Waals surface area contributed by atoms with Crippen LogP contribution in [-0.2, 0) is 14.6 Å². The van der Waals surface area contributed by atoms with E-state index in [4.69, 9.17) is 4.74 Å². The van der Waals surface area contributed by atoms with Gasteiger partial charge in [0.2, 0.25) is 0 Å². The van der Waals surface area contributed by atoms with Crippen LogP contribution in [0.4, 0.5) is 0 Å². The fraction of sp³-hybridized carbons (Fsp3) is 0.900. The monoisotopic (exact) mass is 187 g/mol. The molecule has 0 aromatic carbocycles. The van der Waals surface area contributed by atoms with Crippen molar-refractivity contribution < 1.29 is 14.6 Å². The van der Waals surface area contributed by atoms with Crippen molar-refractivity contribution in [1.82, 2.24) is 0 Å². The summed E-state index contributed by atoms with van der Waals surface area (Å²) in [6.45, 7) is 7.22. The molecule has 77 valence electrons. The van der Waals surface area contributed by atoms with E-state index in [0.717, 1.165) is 12.8 Å². The quantitative estimate of drug-likeness (QED) is 0.489. The molecule has 0 aliphatic heterocycles. The first-order valence-corrected chi connectivity index (χ1v) is 4.71. The topological polar surface area (TPSA) is 46.2 Å². The number of hydrogen-bond acceptors (Lipinski definition) is 2. The Hall–Kier alpha value is -0.570. The Kier molecular flexibility index (Phi) is 4.99.